The molecular weight excluding hydrogens is 285 g/mol. The first-order valence-corrected chi connectivity index (χ1v) is 7.24. The standard InChI is InChI=1S/C13H16N3O3S.Li/c1-13(2,3)12(9-15-14)16-20(17,18)11-7-5-10(19-4)6-8-11;/h5-8H,1-4H3;/q-1;+1. The summed E-state index contributed by atoms with van der Waals surface area (Å²) < 4.78 is 33.0. The molecule has 0 bridgehead atoms. The Morgan fingerprint density at radius 3 is 2.19 bits per heavy atom. The summed E-state index contributed by atoms with van der Waals surface area (Å²) in [5.41, 5.74) is 7.98. The summed E-state index contributed by atoms with van der Waals surface area (Å²) >= 11 is 0. The van der Waals surface area contributed by atoms with E-state index in [9.17, 15) is 8.42 Å². The molecule has 0 fully saturated rings. The summed E-state index contributed by atoms with van der Waals surface area (Å²) in [6.45, 7) is 5.23. The second-order valence-corrected chi connectivity index (χ2v) is 6.66. The van der Waals surface area contributed by atoms with Crippen LogP contribution in [0.25, 0.3) is 10.3 Å². The summed E-state index contributed by atoms with van der Waals surface area (Å²) in [4.78, 5) is 2.77. The smallest absolute Gasteiger partial charge is 0.563 e. The maximum absolute atomic E-state index is 12.2. The normalized spacial score (nSPS) is 10.7. The molecule has 0 saturated carbocycles. The maximum atomic E-state index is 12.2. The first-order valence-electron chi connectivity index (χ1n) is 5.80. The molecule has 0 radical (unpaired) electrons. The minimum atomic E-state index is -3.89. The molecule has 0 unspecified atom stereocenters. The third kappa shape index (κ3) is 5.43. The van der Waals surface area contributed by atoms with Crippen LogP contribution in [-0.4, -0.2) is 26.2 Å². The predicted molar refractivity (Wildman–Crippen MR) is 75.1 cm³/mol. The molecule has 8 heteroatoms. The van der Waals surface area contributed by atoms with Crippen molar-refractivity contribution in [1.82, 2.24) is 0 Å². The van der Waals surface area contributed by atoms with Crippen molar-refractivity contribution in [2.45, 2.75) is 25.7 Å². The summed E-state index contributed by atoms with van der Waals surface area (Å²) in [5, 5.41) is 0. The second kappa shape index (κ2) is 7.51. The Balaban J connectivity index is 0.00000400. The molecule has 1 rings (SSSR count). The van der Waals surface area contributed by atoms with Crippen LogP contribution in [0.4, 0.5) is 0 Å². The monoisotopic (exact) mass is 301 g/mol. The Hall–Kier alpha value is -1.47. The fourth-order valence-electron chi connectivity index (χ4n) is 1.29. The fraction of sp³-hybridized carbons (Fsp3) is 0.385. The van der Waals surface area contributed by atoms with E-state index in [1.165, 1.54) is 31.4 Å². The van der Waals surface area contributed by atoms with Crippen molar-refractivity contribution in [2.75, 3.05) is 7.11 Å². The molecule has 0 spiro atoms. The Labute approximate surface area is 137 Å². The van der Waals surface area contributed by atoms with Gasteiger partial charge in [-0.25, -0.2) is 8.42 Å². The molecule has 1 aromatic carbocycles. The zero-order valence-corrected chi connectivity index (χ0v) is 13.6. The van der Waals surface area contributed by atoms with Gasteiger partial charge in [0.15, 0.2) is 0 Å². The van der Waals surface area contributed by atoms with Crippen LogP contribution < -0.4 is 23.6 Å². The van der Waals surface area contributed by atoms with Gasteiger partial charge < -0.3 is 15.0 Å². The van der Waals surface area contributed by atoms with Crippen molar-refractivity contribution in [3.05, 3.63) is 40.2 Å². The Bertz CT molecular complexity index is 666. The molecule has 6 nitrogen and oxygen atoms in total. The summed E-state index contributed by atoms with van der Waals surface area (Å²) in [5.74, 6) is 2.75. The average Bonchev–Trinajstić information content (AvgIpc) is 2.37. The number of sulfonamides is 1. The number of hydrogen-bond acceptors (Lipinski definition) is 3. The summed E-state index contributed by atoms with van der Waals surface area (Å²) in [7, 11) is -2.40. The van der Waals surface area contributed by atoms with Crippen molar-refractivity contribution in [3.8, 4) is 5.75 Å². The molecule has 0 amide bonds. The number of rotatable bonds is 4. The first kappa shape index (κ1) is 19.5. The Kier molecular flexibility index (Phi) is 6.98. The zero-order valence-electron chi connectivity index (χ0n) is 12.8. The van der Waals surface area contributed by atoms with Gasteiger partial charge in [0, 0.05) is 0 Å². The Morgan fingerprint density at radius 1 is 1.29 bits per heavy atom. The quantitative estimate of drug-likeness (QED) is 0.327. The van der Waals surface area contributed by atoms with Crippen LogP contribution in [0.1, 0.15) is 20.8 Å². The van der Waals surface area contributed by atoms with Gasteiger partial charge in [-0.05, 0) is 35.4 Å². The molecule has 0 aromatic heterocycles. The molecule has 1 aromatic rings. The van der Waals surface area contributed by atoms with Crippen molar-refractivity contribution >= 4 is 15.9 Å². The first-order chi connectivity index (χ1) is 9.20. The number of methoxy groups -OCH3 is 1. The SMILES string of the molecule is COc1ccc(S(=O)(=O)[N-]C(=C=[N+]=[N-])C(C)(C)C)cc1.[Li+]. The summed E-state index contributed by atoms with van der Waals surface area (Å²) in [6, 6.07) is 5.86. The van der Waals surface area contributed by atoms with Gasteiger partial charge in [0.25, 0.3) is 5.87 Å². The summed E-state index contributed by atoms with van der Waals surface area (Å²) in [6.07, 6.45) is 0. The van der Waals surface area contributed by atoms with E-state index in [0.717, 1.165) is 0 Å². The molecule has 21 heavy (non-hydrogen) atoms. The second-order valence-electron chi connectivity index (χ2n) is 5.05. The van der Waals surface area contributed by atoms with Gasteiger partial charge in [-0.15, -0.1) is 4.79 Å². The molecule has 0 aliphatic rings. The van der Waals surface area contributed by atoms with Gasteiger partial charge in [0.1, 0.15) is 15.8 Å². The maximum Gasteiger partial charge on any atom is 1.00 e. The van der Waals surface area contributed by atoms with Gasteiger partial charge in [-0.2, -0.15) is 0 Å². The van der Waals surface area contributed by atoms with Gasteiger partial charge in [-0.1, -0.05) is 20.8 Å². The van der Waals surface area contributed by atoms with Crippen LogP contribution in [-0.2, 0) is 10.0 Å². The molecule has 0 heterocycles. The largest absolute Gasteiger partial charge is 1.00 e. The van der Waals surface area contributed by atoms with Crippen LogP contribution in [0.2, 0.25) is 0 Å². The third-order valence-corrected chi connectivity index (χ3v) is 3.73. The van der Waals surface area contributed by atoms with Gasteiger partial charge in [0.2, 0.25) is 0 Å². The molecule has 0 N–H and O–H groups in total. The van der Waals surface area contributed by atoms with E-state index in [4.69, 9.17) is 10.3 Å². The number of allylic oxidation sites excluding steroid dienone is 1. The topological polar surface area (TPSA) is 93.9 Å². The van der Waals surface area contributed by atoms with Crippen molar-refractivity contribution in [3.63, 3.8) is 0 Å². The minimum absolute atomic E-state index is 0. The number of nitrogens with zero attached hydrogens (tertiary/aromatic N) is 3. The van der Waals surface area contributed by atoms with Gasteiger partial charge >= 0.3 is 18.9 Å². The van der Waals surface area contributed by atoms with Crippen LogP contribution in [0.3, 0.4) is 0 Å². The molecule has 0 atom stereocenters. The fourth-order valence-corrected chi connectivity index (χ4v) is 2.43. The van der Waals surface area contributed by atoms with Crippen LogP contribution in [0.5, 0.6) is 5.75 Å². The van der Waals surface area contributed by atoms with E-state index in [1.54, 1.807) is 20.8 Å². The van der Waals surface area contributed by atoms with Crippen LogP contribution in [0, 0.1) is 5.41 Å². The van der Waals surface area contributed by atoms with Crippen LogP contribution in [0.15, 0.2) is 34.9 Å². The molecule has 108 valence electrons. The van der Waals surface area contributed by atoms with E-state index < -0.39 is 15.4 Å². The Morgan fingerprint density at radius 2 is 1.81 bits per heavy atom. The molecule has 0 aliphatic heterocycles. The van der Waals surface area contributed by atoms with E-state index in [0.29, 0.717) is 5.75 Å². The van der Waals surface area contributed by atoms with Crippen molar-refractivity contribution in [2.24, 2.45) is 5.41 Å². The molecule has 0 aliphatic carbocycles. The van der Waals surface area contributed by atoms with E-state index >= 15 is 0 Å². The van der Waals surface area contributed by atoms with Gasteiger partial charge in [0.05, 0.1) is 12.0 Å². The van der Waals surface area contributed by atoms with Crippen molar-refractivity contribution in [1.29, 1.82) is 0 Å². The van der Waals surface area contributed by atoms with Crippen molar-refractivity contribution < 1.29 is 36.8 Å². The number of ether oxygens (including phenoxy) is 1. The molecule has 0 saturated heterocycles. The van der Waals surface area contributed by atoms with Crippen LogP contribution >= 0.6 is 0 Å². The van der Waals surface area contributed by atoms with E-state index in [2.05, 4.69) is 15.4 Å². The number of hydrogen-bond donors (Lipinski definition) is 0. The minimum Gasteiger partial charge on any atom is -0.563 e. The average molecular weight is 301 g/mol. The zero-order chi connectivity index (χ0) is 15.4. The van der Waals surface area contributed by atoms with E-state index in [-0.39, 0.29) is 29.5 Å². The predicted octanol–water partition coefficient (Wildman–Crippen LogP) is -0.409. The van der Waals surface area contributed by atoms with Gasteiger partial charge in [-0.3, -0.25) is 0 Å². The molecular formula is C13H16LiN3O3S. The third-order valence-electron chi connectivity index (χ3n) is 2.44. The van der Waals surface area contributed by atoms with E-state index in [1.807, 2.05) is 0 Å². The number of benzene rings is 1.